The van der Waals surface area contributed by atoms with E-state index in [1.54, 1.807) is 43.3 Å². The molecule has 1 N–H and O–H groups in total. The van der Waals surface area contributed by atoms with Gasteiger partial charge in [-0.25, -0.2) is 0 Å². The van der Waals surface area contributed by atoms with E-state index in [9.17, 15) is 14.7 Å². The Labute approximate surface area is 192 Å². The van der Waals surface area contributed by atoms with Crippen molar-refractivity contribution in [1.29, 1.82) is 0 Å². The van der Waals surface area contributed by atoms with Crippen LogP contribution in [0.4, 0.5) is 0 Å². The van der Waals surface area contributed by atoms with Crippen molar-refractivity contribution in [2.45, 2.75) is 19.5 Å². The first-order chi connectivity index (χ1) is 15.9. The summed E-state index contributed by atoms with van der Waals surface area (Å²) in [6, 6.07) is 10.5. The Morgan fingerprint density at radius 1 is 1.21 bits per heavy atom. The molecule has 0 aliphatic carbocycles. The van der Waals surface area contributed by atoms with Crippen molar-refractivity contribution in [3.05, 3.63) is 88.1 Å². The van der Waals surface area contributed by atoms with Gasteiger partial charge in [-0.15, -0.1) is 0 Å². The molecule has 1 aromatic carbocycles. The van der Waals surface area contributed by atoms with E-state index in [4.69, 9.17) is 29.6 Å². The van der Waals surface area contributed by atoms with E-state index in [0.29, 0.717) is 39.0 Å². The van der Waals surface area contributed by atoms with Crippen LogP contribution in [-0.2, 0) is 11.3 Å². The molecule has 0 spiro atoms. The van der Waals surface area contributed by atoms with Gasteiger partial charge in [-0.3, -0.25) is 9.59 Å². The molecule has 3 aromatic heterocycles. The number of ether oxygens (including phenoxy) is 1. The summed E-state index contributed by atoms with van der Waals surface area (Å²) in [6.07, 6.45) is 1.48. The molecule has 1 aliphatic rings. The topological polar surface area (TPSA) is 106 Å². The number of hydrogen-bond donors (Lipinski definition) is 1. The molecule has 4 aromatic rings. The van der Waals surface area contributed by atoms with Crippen molar-refractivity contribution in [3.63, 3.8) is 0 Å². The number of hydrogen-bond acceptors (Lipinski definition) is 7. The van der Waals surface area contributed by atoms with Crippen molar-refractivity contribution in [2.75, 3.05) is 7.11 Å². The lowest BCUT2D eigenvalue weighted by Crippen LogP contribution is -2.30. The highest BCUT2D eigenvalue weighted by molar-refractivity contribution is 6.31. The van der Waals surface area contributed by atoms with Gasteiger partial charge in [-0.2, -0.15) is 0 Å². The molecular formula is C24H18ClNO7. The minimum absolute atomic E-state index is 0.0284. The van der Waals surface area contributed by atoms with E-state index >= 15 is 0 Å². The second-order valence-corrected chi connectivity index (χ2v) is 8.03. The second kappa shape index (κ2) is 7.90. The first kappa shape index (κ1) is 21.0. The number of methoxy groups -OCH3 is 1. The van der Waals surface area contributed by atoms with Crippen LogP contribution >= 0.6 is 11.6 Å². The Hall–Kier alpha value is -3.91. The third-order valence-electron chi connectivity index (χ3n) is 5.48. The maximum Gasteiger partial charge on any atom is 0.290 e. The molecule has 0 fully saturated rings. The van der Waals surface area contributed by atoms with E-state index in [1.165, 1.54) is 24.3 Å². The van der Waals surface area contributed by atoms with Crippen LogP contribution in [0.25, 0.3) is 11.0 Å². The third kappa shape index (κ3) is 3.48. The van der Waals surface area contributed by atoms with Crippen molar-refractivity contribution in [1.82, 2.24) is 4.90 Å². The molecule has 5 rings (SSSR count). The van der Waals surface area contributed by atoms with Crippen molar-refractivity contribution in [3.8, 4) is 5.75 Å². The number of carbonyl (C=O) groups excluding carboxylic acids is 2. The van der Waals surface area contributed by atoms with Gasteiger partial charge in [0.1, 0.15) is 23.3 Å². The Morgan fingerprint density at radius 2 is 2.03 bits per heavy atom. The summed E-state index contributed by atoms with van der Waals surface area (Å²) < 4.78 is 22.2. The number of aliphatic hydroxyl groups excluding tert-OH is 1. The maximum absolute atomic E-state index is 13.6. The van der Waals surface area contributed by atoms with E-state index in [-0.39, 0.29) is 17.9 Å². The fourth-order valence-electron chi connectivity index (χ4n) is 4.00. The van der Waals surface area contributed by atoms with Crippen LogP contribution in [0, 0.1) is 6.92 Å². The van der Waals surface area contributed by atoms with E-state index in [0.717, 1.165) is 0 Å². The van der Waals surface area contributed by atoms with Crippen LogP contribution in [0.5, 0.6) is 5.75 Å². The molecule has 168 valence electrons. The SMILES string of the molecule is COc1cc(Cl)cc2cc(C(=O)C3=C(O)C(=O)N(Cc4ccco4)C3c3ccc(C)o3)oc12. The summed E-state index contributed by atoms with van der Waals surface area (Å²) in [5, 5.41) is 11.7. The van der Waals surface area contributed by atoms with Crippen LogP contribution in [-0.4, -0.2) is 28.8 Å². The number of carbonyl (C=O) groups is 2. The number of aryl methyl sites for hydroxylation is 1. The van der Waals surface area contributed by atoms with Crippen molar-refractivity contribution in [2.24, 2.45) is 0 Å². The van der Waals surface area contributed by atoms with Gasteiger partial charge in [-0.05, 0) is 43.3 Å². The first-order valence-electron chi connectivity index (χ1n) is 10.0. The van der Waals surface area contributed by atoms with Crippen LogP contribution in [0.2, 0.25) is 5.02 Å². The fraction of sp³-hybridized carbons (Fsp3) is 0.167. The monoisotopic (exact) mass is 467 g/mol. The van der Waals surface area contributed by atoms with E-state index in [2.05, 4.69) is 0 Å². The summed E-state index contributed by atoms with van der Waals surface area (Å²) >= 11 is 6.12. The zero-order valence-electron chi connectivity index (χ0n) is 17.6. The molecule has 1 aliphatic heterocycles. The highest BCUT2D eigenvalue weighted by Gasteiger charge is 2.46. The summed E-state index contributed by atoms with van der Waals surface area (Å²) in [6.45, 7) is 1.78. The van der Waals surface area contributed by atoms with Gasteiger partial charge < -0.3 is 28.0 Å². The summed E-state index contributed by atoms with van der Waals surface area (Å²) in [5.41, 5.74) is 0.178. The number of rotatable bonds is 6. The van der Waals surface area contributed by atoms with E-state index < -0.39 is 23.5 Å². The number of furan rings is 3. The van der Waals surface area contributed by atoms with Gasteiger partial charge in [0.15, 0.2) is 22.9 Å². The lowest BCUT2D eigenvalue weighted by molar-refractivity contribution is -0.130. The van der Waals surface area contributed by atoms with Crippen LogP contribution in [0.1, 0.15) is 33.9 Å². The quantitative estimate of drug-likeness (QED) is 0.380. The van der Waals surface area contributed by atoms with Gasteiger partial charge >= 0.3 is 0 Å². The predicted octanol–water partition coefficient (Wildman–Crippen LogP) is 5.37. The Morgan fingerprint density at radius 3 is 2.70 bits per heavy atom. The zero-order chi connectivity index (χ0) is 23.3. The summed E-state index contributed by atoms with van der Waals surface area (Å²) in [4.78, 5) is 27.9. The van der Waals surface area contributed by atoms with Crippen LogP contribution in [0.15, 0.2) is 73.3 Å². The molecule has 1 atom stereocenters. The average molecular weight is 468 g/mol. The minimum Gasteiger partial charge on any atom is -0.503 e. The van der Waals surface area contributed by atoms with Gasteiger partial charge in [0.25, 0.3) is 5.91 Å². The molecule has 1 amide bonds. The molecule has 0 saturated carbocycles. The summed E-state index contributed by atoms with van der Waals surface area (Å²) in [5.74, 6) is -0.352. The van der Waals surface area contributed by atoms with Crippen LogP contribution < -0.4 is 4.74 Å². The number of amides is 1. The predicted molar refractivity (Wildman–Crippen MR) is 117 cm³/mol. The van der Waals surface area contributed by atoms with E-state index in [1.807, 2.05) is 0 Å². The lowest BCUT2D eigenvalue weighted by atomic mass is 9.99. The number of benzene rings is 1. The normalized spacial score (nSPS) is 16.3. The van der Waals surface area contributed by atoms with Gasteiger partial charge in [-0.1, -0.05) is 11.6 Å². The number of fused-ring (bicyclic) bond motifs is 1. The number of nitrogens with zero attached hydrogens (tertiary/aromatic N) is 1. The van der Waals surface area contributed by atoms with Crippen molar-refractivity contribution < 1.29 is 32.7 Å². The summed E-state index contributed by atoms with van der Waals surface area (Å²) in [7, 11) is 1.46. The van der Waals surface area contributed by atoms with Gasteiger partial charge in [0.05, 0.1) is 25.5 Å². The molecule has 8 nitrogen and oxygen atoms in total. The molecule has 9 heteroatoms. The maximum atomic E-state index is 13.6. The number of halogens is 1. The Balaban J connectivity index is 1.61. The molecule has 0 bridgehead atoms. The fourth-order valence-corrected chi connectivity index (χ4v) is 4.21. The smallest absolute Gasteiger partial charge is 0.290 e. The van der Waals surface area contributed by atoms with Crippen LogP contribution in [0.3, 0.4) is 0 Å². The lowest BCUT2D eigenvalue weighted by Gasteiger charge is -2.23. The molecule has 0 saturated heterocycles. The minimum atomic E-state index is -0.970. The third-order valence-corrected chi connectivity index (χ3v) is 5.69. The second-order valence-electron chi connectivity index (χ2n) is 7.59. The molecular weight excluding hydrogens is 450 g/mol. The average Bonchev–Trinajstić information content (AvgIpc) is 3.57. The highest BCUT2D eigenvalue weighted by atomic mass is 35.5. The number of ketones is 1. The molecule has 1 unspecified atom stereocenters. The Bertz CT molecular complexity index is 1410. The van der Waals surface area contributed by atoms with Gasteiger partial charge in [0.2, 0.25) is 5.78 Å². The first-order valence-corrected chi connectivity index (χ1v) is 10.4. The van der Waals surface area contributed by atoms with Crippen molar-refractivity contribution >= 4 is 34.3 Å². The molecule has 0 radical (unpaired) electrons. The Kier molecular flexibility index (Phi) is 5.02. The largest absolute Gasteiger partial charge is 0.503 e. The number of aliphatic hydroxyl groups is 1. The zero-order valence-corrected chi connectivity index (χ0v) is 18.4. The standard InChI is InChI=1S/C24H18ClNO7/c1-12-5-6-16(32-12)20-19(22(28)24(29)26(20)11-15-4-3-7-31-15)21(27)17-9-13-8-14(25)10-18(30-2)23(13)33-17/h3-10,20,28H,11H2,1-2H3. The van der Waals surface area contributed by atoms with Gasteiger partial charge in [0, 0.05) is 16.5 Å². The molecule has 4 heterocycles. The molecule has 33 heavy (non-hydrogen) atoms. The number of Topliss-reactive ketones (excluding diaryl/α,β-unsaturated/α-hetero) is 1. The highest BCUT2D eigenvalue weighted by Crippen LogP contribution is 2.42.